The van der Waals surface area contributed by atoms with Crippen LogP contribution in [0.3, 0.4) is 0 Å². The number of aryl methyl sites for hydroxylation is 1. The smallest absolute Gasteiger partial charge is 0.274 e. The molecule has 28 heavy (non-hydrogen) atoms. The molecular formula is C23H23N3O2. The Morgan fingerprint density at radius 2 is 2.04 bits per heavy atom. The lowest BCUT2D eigenvalue weighted by Gasteiger charge is -2.09. The van der Waals surface area contributed by atoms with E-state index in [4.69, 9.17) is 4.74 Å². The van der Waals surface area contributed by atoms with Crippen LogP contribution in [0.15, 0.2) is 48.7 Å². The molecule has 1 N–H and O–H groups in total. The summed E-state index contributed by atoms with van der Waals surface area (Å²) in [5.74, 6) is 6.49. The van der Waals surface area contributed by atoms with Crippen molar-refractivity contribution in [3.05, 3.63) is 59.9 Å². The summed E-state index contributed by atoms with van der Waals surface area (Å²) >= 11 is 0. The van der Waals surface area contributed by atoms with Crippen LogP contribution in [-0.2, 0) is 0 Å². The SMILES string of the molecule is CCCCC#CCOc1cccc(NC(=O)c2nc3cccnc3cc2C)c1. The predicted octanol–water partition coefficient (Wildman–Crippen LogP) is 4.76. The van der Waals surface area contributed by atoms with Gasteiger partial charge in [-0.05, 0) is 49.2 Å². The highest BCUT2D eigenvalue weighted by molar-refractivity contribution is 6.05. The van der Waals surface area contributed by atoms with Crippen molar-refractivity contribution in [2.24, 2.45) is 0 Å². The first-order valence-corrected chi connectivity index (χ1v) is 9.39. The maximum Gasteiger partial charge on any atom is 0.274 e. The molecular weight excluding hydrogens is 350 g/mol. The molecule has 5 heteroatoms. The van der Waals surface area contributed by atoms with Crippen LogP contribution in [0.5, 0.6) is 5.75 Å². The zero-order valence-corrected chi connectivity index (χ0v) is 16.2. The lowest BCUT2D eigenvalue weighted by Crippen LogP contribution is -2.15. The Morgan fingerprint density at radius 3 is 2.89 bits per heavy atom. The van der Waals surface area contributed by atoms with Gasteiger partial charge in [-0.1, -0.05) is 31.3 Å². The van der Waals surface area contributed by atoms with Gasteiger partial charge in [0.05, 0.1) is 11.0 Å². The third-order valence-corrected chi connectivity index (χ3v) is 4.17. The van der Waals surface area contributed by atoms with Gasteiger partial charge >= 0.3 is 0 Å². The highest BCUT2D eigenvalue weighted by Gasteiger charge is 2.13. The summed E-state index contributed by atoms with van der Waals surface area (Å²) < 4.78 is 5.65. The molecule has 5 nitrogen and oxygen atoms in total. The van der Waals surface area contributed by atoms with Gasteiger partial charge < -0.3 is 10.1 Å². The number of amides is 1. The van der Waals surface area contributed by atoms with Crippen LogP contribution >= 0.6 is 0 Å². The van der Waals surface area contributed by atoms with Gasteiger partial charge in [0.25, 0.3) is 5.91 Å². The first-order valence-electron chi connectivity index (χ1n) is 9.39. The summed E-state index contributed by atoms with van der Waals surface area (Å²) in [4.78, 5) is 21.4. The summed E-state index contributed by atoms with van der Waals surface area (Å²) in [5, 5.41) is 2.88. The average molecular weight is 373 g/mol. The normalized spacial score (nSPS) is 10.2. The number of anilines is 1. The average Bonchev–Trinajstić information content (AvgIpc) is 2.70. The second-order valence-electron chi connectivity index (χ2n) is 6.42. The molecule has 3 aromatic rings. The molecule has 0 spiro atoms. The Hall–Kier alpha value is -3.39. The van der Waals surface area contributed by atoms with E-state index in [-0.39, 0.29) is 5.91 Å². The molecule has 0 radical (unpaired) electrons. The summed E-state index contributed by atoms with van der Waals surface area (Å²) in [7, 11) is 0. The Morgan fingerprint density at radius 1 is 1.14 bits per heavy atom. The summed E-state index contributed by atoms with van der Waals surface area (Å²) in [5.41, 5.74) is 3.27. The van der Waals surface area contributed by atoms with Crippen LogP contribution in [0.1, 0.15) is 42.2 Å². The molecule has 1 amide bonds. The number of unbranched alkanes of at least 4 members (excludes halogenated alkanes) is 2. The van der Waals surface area contributed by atoms with Crippen molar-refractivity contribution >= 4 is 22.6 Å². The molecule has 0 aliphatic rings. The highest BCUT2D eigenvalue weighted by Crippen LogP contribution is 2.19. The third-order valence-electron chi connectivity index (χ3n) is 4.17. The monoisotopic (exact) mass is 373 g/mol. The van der Waals surface area contributed by atoms with Crippen LogP contribution in [0, 0.1) is 18.8 Å². The van der Waals surface area contributed by atoms with Gasteiger partial charge in [-0.25, -0.2) is 4.98 Å². The molecule has 0 atom stereocenters. The molecule has 142 valence electrons. The van der Waals surface area contributed by atoms with Crippen LogP contribution in [-0.4, -0.2) is 22.5 Å². The maximum atomic E-state index is 12.7. The minimum absolute atomic E-state index is 0.264. The number of fused-ring (bicyclic) bond motifs is 1. The lowest BCUT2D eigenvalue weighted by atomic mass is 10.1. The van der Waals surface area contributed by atoms with E-state index in [1.807, 2.05) is 37.3 Å². The first-order chi connectivity index (χ1) is 13.7. The van der Waals surface area contributed by atoms with E-state index in [9.17, 15) is 4.79 Å². The van der Waals surface area contributed by atoms with Gasteiger partial charge in [0.15, 0.2) is 0 Å². The Balaban J connectivity index is 1.67. The van der Waals surface area contributed by atoms with Crippen LogP contribution in [0.25, 0.3) is 11.0 Å². The molecule has 0 bridgehead atoms. The zero-order chi connectivity index (χ0) is 19.8. The quantitative estimate of drug-likeness (QED) is 0.500. The van der Waals surface area contributed by atoms with E-state index < -0.39 is 0 Å². The van der Waals surface area contributed by atoms with Crippen molar-refractivity contribution in [1.82, 2.24) is 9.97 Å². The molecule has 0 aliphatic heterocycles. The van der Waals surface area contributed by atoms with E-state index in [0.717, 1.165) is 30.3 Å². The summed E-state index contributed by atoms with van der Waals surface area (Å²) in [6, 6.07) is 12.8. The van der Waals surface area contributed by atoms with Gasteiger partial charge in [-0.2, -0.15) is 0 Å². The highest BCUT2D eigenvalue weighted by atomic mass is 16.5. The number of pyridine rings is 2. The summed E-state index contributed by atoms with van der Waals surface area (Å²) in [6.45, 7) is 4.33. The molecule has 0 unspecified atom stereocenters. The van der Waals surface area contributed by atoms with Gasteiger partial charge in [0.2, 0.25) is 0 Å². The van der Waals surface area contributed by atoms with Gasteiger partial charge in [-0.3, -0.25) is 9.78 Å². The fourth-order valence-electron chi connectivity index (χ4n) is 2.70. The second-order valence-corrected chi connectivity index (χ2v) is 6.42. The Bertz CT molecular complexity index is 1030. The first kappa shape index (κ1) is 19.4. The number of nitrogens with one attached hydrogen (secondary N) is 1. The molecule has 2 aromatic heterocycles. The van der Waals surface area contributed by atoms with Crippen molar-refractivity contribution < 1.29 is 9.53 Å². The van der Waals surface area contributed by atoms with Gasteiger partial charge in [-0.15, -0.1) is 0 Å². The number of aromatic nitrogens is 2. The van der Waals surface area contributed by atoms with Crippen LogP contribution in [0.2, 0.25) is 0 Å². The number of nitrogens with zero attached hydrogens (tertiary/aromatic N) is 2. The number of carbonyl (C=O) groups excluding carboxylic acids is 1. The molecule has 0 saturated carbocycles. The lowest BCUT2D eigenvalue weighted by molar-refractivity contribution is 0.102. The third kappa shape index (κ3) is 5.08. The zero-order valence-electron chi connectivity index (χ0n) is 16.2. The molecule has 1 aromatic carbocycles. The number of rotatable bonds is 6. The largest absolute Gasteiger partial charge is 0.481 e. The van der Waals surface area contributed by atoms with E-state index in [1.165, 1.54) is 0 Å². The van der Waals surface area contributed by atoms with Crippen molar-refractivity contribution in [3.63, 3.8) is 0 Å². The minimum atomic E-state index is -0.264. The molecule has 3 rings (SSSR count). The fourth-order valence-corrected chi connectivity index (χ4v) is 2.70. The Kier molecular flexibility index (Phi) is 6.59. The van der Waals surface area contributed by atoms with Crippen molar-refractivity contribution in [2.45, 2.75) is 33.1 Å². The van der Waals surface area contributed by atoms with Crippen molar-refractivity contribution in [1.29, 1.82) is 0 Å². The molecule has 0 fully saturated rings. The predicted molar refractivity (Wildman–Crippen MR) is 111 cm³/mol. The molecule has 2 heterocycles. The van der Waals surface area contributed by atoms with Crippen molar-refractivity contribution in [2.75, 3.05) is 11.9 Å². The molecule has 0 aliphatic carbocycles. The second kappa shape index (κ2) is 9.52. The Labute approximate surface area is 165 Å². The minimum Gasteiger partial charge on any atom is -0.481 e. The van der Waals surface area contributed by atoms with E-state index in [1.54, 1.807) is 18.3 Å². The van der Waals surface area contributed by atoms with Crippen LogP contribution in [0.4, 0.5) is 5.69 Å². The van der Waals surface area contributed by atoms with E-state index in [2.05, 4.69) is 34.0 Å². The number of benzene rings is 1. The number of hydrogen-bond acceptors (Lipinski definition) is 4. The number of carbonyl (C=O) groups is 1. The van der Waals surface area contributed by atoms with E-state index in [0.29, 0.717) is 29.3 Å². The van der Waals surface area contributed by atoms with Gasteiger partial charge in [0, 0.05) is 24.4 Å². The maximum absolute atomic E-state index is 12.7. The number of hydrogen-bond donors (Lipinski definition) is 1. The van der Waals surface area contributed by atoms with Crippen molar-refractivity contribution in [3.8, 4) is 17.6 Å². The molecule has 0 saturated heterocycles. The topological polar surface area (TPSA) is 64.1 Å². The number of ether oxygens (including phenoxy) is 1. The van der Waals surface area contributed by atoms with Gasteiger partial charge in [0.1, 0.15) is 18.1 Å². The fraction of sp³-hybridized carbons (Fsp3) is 0.261. The van der Waals surface area contributed by atoms with Crippen LogP contribution < -0.4 is 10.1 Å². The standard InChI is InChI=1S/C23H23N3O2/c1-3-4-5-6-7-14-28-19-11-8-10-18(16-19)25-23(27)22-17(2)15-21-20(26-22)12-9-13-24-21/h8-13,15-16H,3-5,14H2,1-2H3,(H,25,27). The van der Waals surface area contributed by atoms with E-state index >= 15 is 0 Å². The summed E-state index contributed by atoms with van der Waals surface area (Å²) in [6.07, 6.45) is 4.85.